The van der Waals surface area contributed by atoms with E-state index in [4.69, 9.17) is 0 Å². The minimum absolute atomic E-state index is 0.0169. The molecule has 0 bridgehead atoms. The highest BCUT2D eigenvalue weighted by atomic mass is 16.1. The average molecular weight is 329 g/mol. The molecule has 6 nitrogen and oxygen atoms in total. The van der Waals surface area contributed by atoms with Crippen molar-refractivity contribution in [2.75, 3.05) is 65.3 Å². The number of hydrogen-bond acceptors (Lipinski definition) is 4. The van der Waals surface area contributed by atoms with E-state index >= 15 is 0 Å². The van der Waals surface area contributed by atoms with Gasteiger partial charge in [-0.1, -0.05) is 0 Å². The van der Waals surface area contributed by atoms with Gasteiger partial charge in [-0.3, -0.25) is 4.79 Å². The largest absolute Gasteiger partial charge is 0.355 e. The van der Waals surface area contributed by atoms with Crippen LogP contribution in [0.15, 0.2) is 30.5 Å². The SMILES string of the molecule is CN(C)CCNC(=O)c1ccc2ccc(N3CCN(C)CC3)n2c1. The maximum absolute atomic E-state index is 12.4. The summed E-state index contributed by atoms with van der Waals surface area (Å²) in [4.78, 5) is 19.1. The lowest BCUT2D eigenvalue weighted by molar-refractivity contribution is 0.0950. The molecule has 0 aliphatic carbocycles. The van der Waals surface area contributed by atoms with Gasteiger partial charge >= 0.3 is 0 Å². The van der Waals surface area contributed by atoms with Crippen molar-refractivity contribution in [2.45, 2.75) is 0 Å². The maximum atomic E-state index is 12.4. The van der Waals surface area contributed by atoms with Gasteiger partial charge in [0.1, 0.15) is 5.82 Å². The van der Waals surface area contributed by atoms with Crippen LogP contribution in [0, 0.1) is 0 Å². The van der Waals surface area contributed by atoms with Crippen molar-refractivity contribution in [3.05, 3.63) is 36.0 Å². The number of carbonyl (C=O) groups excluding carboxylic acids is 1. The van der Waals surface area contributed by atoms with Crippen LogP contribution in [-0.2, 0) is 0 Å². The number of carbonyl (C=O) groups is 1. The molecule has 0 atom stereocenters. The van der Waals surface area contributed by atoms with Gasteiger partial charge in [0.05, 0.1) is 5.56 Å². The highest BCUT2D eigenvalue weighted by Crippen LogP contribution is 2.21. The van der Waals surface area contributed by atoms with Gasteiger partial charge in [-0.05, 0) is 45.4 Å². The molecular weight excluding hydrogens is 302 g/mol. The number of aromatic nitrogens is 1. The minimum Gasteiger partial charge on any atom is -0.355 e. The maximum Gasteiger partial charge on any atom is 0.252 e. The second-order valence-corrected chi connectivity index (χ2v) is 6.75. The Bertz CT molecular complexity index is 700. The molecule has 24 heavy (non-hydrogen) atoms. The Hall–Kier alpha value is -2.05. The number of anilines is 1. The van der Waals surface area contributed by atoms with Crippen molar-refractivity contribution in [1.29, 1.82) is 0 Å². The molecule has 1 saturated heterocycles. The molecule has 0 unspecified atom stereocenters. The molecule has 1 N–H and O–H groups in total. The first-order chi connectivity index (χ1) is 11.5. The number of rotatable bonds is 5. The quantitative estimate of drug-likeness (QED) is 0.888. The summed E-state index contributed by atoms with van der Waals surface area (Å²) >= 11 is 0. The third-order valence-corrected chi connectivity index (χ3v) is 4.56. The van der Waals surface area contributed by atoms with E-state index in [2.05, 4.69) is 43.6 Å². The first-order valence-corrected chi connectivity index (χ1v) is 8.52. The molecule has 2 aromatic rings. The Morgan fingerprint density at radius 3 is 2.54 bits per heavy atom. The number of nitrogens with zero attached hydrogens (tertiary/aromatic N) is 4. The molecule has 0 saturated carbocycles. The summed E-state index contributed by atoms with van der Waals surface area (Å²) in [6.45, 7) is 5.66. The van der Waals surface area contributed by atoms with E-state index in [9.17, 15) is 4.79 Å². The van der Waals surface area contributed by atoms with E-state index in [1.165, 1.54) is 5.82 Å². The van der Waals surface area contributed by atoms with Crippen LogP contribution in [0.5, 0.6) is 0 Å². The van der Waals surface area contributed by atoms with Crippen LogP contribution in [0.4, 0.5) is 5.82 Å². The first-order valence-electron chi connectivity index (χ1n) is 8.52. The third kappa shape index (κ3) is 3.71. The molecular formula is C18H27N5O. The summed E-state index contributed by atoms with van der Waals surface area (Å²) in [6.07, 6.45) is 1.95. The minimum atomic E-state index is -0.0169. The lowest BCUT2D eigenvalue weighted by atomic mass is 10.2. The van der Waals surface area contributed by atoms with Crippen LogP contribution >= 0.6 is 0 Å². The number of pyridine rings is 1. The van der Waals surface area contributed by atoms with E-state index in [0.717, 1.165) is 38.2 Å². The zero-order valence-electron chi connectivity index (χ0n) is 14.8. The fraction of sp³-hybridized carbons (Fsp3) is 0.500. The summed E-state index contributed by atoms with van der Waals surface area (Å²) in [5, 5.41) is 2.98. The van der Waals surface area contributed by atoms with Gasteiger partial charge in [-0.15, -0.1) is 0 Å². The molecule has 3 heterocycles. The summed E-state index contributed by atoms with van der Waals surface area (Å²) in [6, 6.07) is 8.17. The van der Waals surface area contributed by atoms with Crippen molar-refractivity contribution in [3.8, 4) is 0 Å². The Labute approximate surface area is 143 Å². The molecule has 6 heteroatoms. The Kier molecular flexibility index (Phi) is 5.06. The fourth-order valence-electron chi connectivity index (χ4n) is 3.01. The van der Waals surface area contributed by atoms with E-state index in [0.29, 0.717) is 12.1 Å². The molecule has 130 valence electrons. The summed E-state index contributed by atoms with van der Waals surface area (Å²) in [5.41, 5.74) is 1.82. The average Bonchev–Trinajstić information content (AvgIpc) is 2.98. The second kappa shape index (κ2) is 7.23. The number of likely N-dealkylation sites (N-methyl/N-ethyl adjacent to an activating group) is 2. The van der Waals surface area contributed by atoms with Gasteiger partial charge in [-0.2, -0.15) is 0 Å². The van der Waals surface area contributed by atoms with Crippen LogP contribution in [0.3, 0.4) is 0 Å². The summed E-state index contributed by atoms with van der Waals surface area (Å²) in [7, 11) is 6.16. The van der Waals surface area contributed by atoms with E-state index in [1.807, 2.05) is 32.4 Å². The Morgan fingerprint density at radius 1 is 1.12 bits per heavy atom. The molecule has 1 aliphatic heterocycles. The number of hydrogen-bond donors (Lipinski definition) is 1. The van der Waals surface area contributed by atoms with E-state index in [1.54, 1.807) is 0 Å². The lowest BCUT2D eigenvalue weighted by Crippen LogP contribution is -2.44. The first kappa shape index (κ1) is 16.8. The van der Waals surface area contributed by atoms with Crippen LogP contribution in [-0.4, -0.2) is 80.5 Å². The van der Waals surface area contributed by atoms with Crippen molar-refractivity contribution < 1.29 is 4.79 Å². The normalized spacial score (nSPS) is 16.1. The lowest BCUT2D eigenvalue weighted by Gasteiger charge is -2.33. The molecule has 1 fully saturated rings. The standard InChI is InChI=1S/C18H27N5O/c1-20(2)9-8-19-18(24)15-4-5-16-6-7-17(23(16)14-15)22-12-10-21(3)11-13-22/h4-7,14H,8-13H2,1-3H3,(H,19,24). The number of fused-ring (bicyclic) bond motifs is 1. The van der Waals surface area contributed by atoms with E-state index < -0.39 is 0 Å². The number of amides is 1. The zero-order chi connectivity index (χ0) is 17.1. The van der Waals surface area contributed by atoms with Gasteiger partial charge in [0.15, 0.2) is 0 Å². The highest BCUT2D eigenvalue weighted by Gasteiger charge is 2.17. The van der Waals surface area contributed by atoms with Crippen LogP contribution in [0.1, 0.15) is 10.4 Å². The highest BCUT2D eigenvalue weighted by molar-refractivity contribution is 5.94. The molecule has 1 aliphatic rings. The topological polar surface area (TPSA) is 43.2 Å². The summed E-state index contributed by atoms with van der Waals surface area (Å²) < 4.78 is 2.13. The van der Waals surface area contributed by atoms with Crippen molar-refractivity contribution >= 4 is 17.2 Å². The predicted molar refractivity (Wildman–Crippen MR) is 98.0 cm³/mol. The van der Waals surface area contributed by atoms with Crippen LogP contribution < -0.4 is 10.2 Å². The molecule has 0 aromatic carbocycles. The van der Waals surface area contributed by atoms with Gasteiger partial charge in [0, 0.05) is 51.0 Å². The second-order valence-electron chi connectivity index (χ2n) is 6.75. The molecule has 0 spiro atoms. The van der Waals surface area contributed by atoms with Crippen molar-refractivity contribution in [1.82, 2.24) is 19.5 Å². The van der Waals surface area contributed by atoms with Crippen LogP contribution in [0.25, 0.3) is 5.52 Å². The van der Waals surface area contributed by atoms with Crippen molar-refractivity contribution in [2.24, 2.45) is 0 Å². The summed E-state index contributed by atoms with van der Waals surface area (Å²) in [5.74, 6) is 1.15. The Morgan fingerprint density at radius 2 is 1.83 bits per heavy atom. The molecule has 2 aromatic heterocycles. The van der Waals surface area contributed by atoms with Gasteiger partial charge in [0.25, 0.3) is 5.91 Å². The number of nitrogens with one attached hydrogen (secondary N) is 1. The Balaban J connectivity index is 1.77. The van der Waals surface area contributed by atoms with Crippen molar-refractivity contribution in [3.63, 3.8) is 0 Å². The smallest absolute Gasteiger partial charge is 0.252 e. The van der Waals surface area contributed by atoms with Gasteiger partial charge in [-0.25, -0.2) is 0 Å². The van der Waals surface area contributed by atoms with Gasteiger partial charge < -0.3 is 24.4 Å². The van der Waals surface area contributed by atoms with E-state index in [-0.39, 0.29) is 5.91 Å². The predicted octanol–water partition coefficient (Wildman–Crippen LogP) is 0.983. The van der Waals surface area contributed by atoms with Crippen LogP contribution in [0.2, 0.25) is 0 Å². The third-order valence-electron chi connectivity index (χ3n) is 4.56. The number of piperazine rings is 1. The van der Waals surface area contributed by atoms with Gasteiger partial charge in [0.2, 0.25) is 0 Å². The fourth-order valence-corrected chi connectivity index (χ4v) is 3.01. The molecule has 0 radical (unpaired) electrons. The molecule has 3 rings (SSSR count). The molecule has 1 amide bonds. The monoisotopic (exact) mass is 329 g/mol. The zero-order valence-corrected chi connectivity index (χ0v) is 14.8.